The molecule has 0 saturated carbocycles. The summed E-state index contributed by atoms with van der Waals surface area (Å²) >= 11 is 0. The van der Waals surface area contributed by atoms with Gasteiger partial charge in [0, 0.05) is 6.54 Å². The highest BCUT2D eigenvalue weighted by molar-refractivity contribution is 6.07. The van der Waals surface area contributed by atoms with Gasteiger partial charge >= 0.3 is 6.03 Å². The highest BCUT2D eigenvalue weighted by atomic mass is 16.2. The van der Waals surface area contributed by atoms with Gasteiger partial charge in [-0.15, -0.1) is 0 Å². The van der Waals surface area contributed by atoms with Gasteiger partial charge < -0.3 is 10.6 Å². The topological polar surface area (TPSA) is 61.4 Å². The van der Waals surface area contributed by atoms with Crippen molar-refractivity contribution in [2.45, 2.75) is 18.4 Å². The third kappa shape index (κ3) is 2.69. The zero-order chi connectivity index (χ0) is 14.7. The number of nitrogens with one attached hydrogen (secondary N) is 2. The van der Waals surface area contributed by atoms with Crippen molar-refractivity contribution in [1.29, 1.82) is 0 Å². The summed E-state index contributed by atoms with van der Waals surface area (Å²) in [7, 11) is 0. The van der Waals surface area contributed by atoms with E-state index in [-0.39, 0.29) is 11.9 Å². The summed E-state index contributed by atoms with van der Waals surface area (Å²) in [6.45, 7) is 1.84. The number of carbonyl (C=O) groups is 2. The first-order chi connectivity index (χ1) is 10.2. The largest absolute Gasteiger partial charge is 0.325 e. The third-order valence-electron chi connectivity index (χ3n) is 4.10. The van der Waals surface area contributed by atoms with E-state index in [9.17, 15) is 9.59 Å². The van der Waals surface area contributed by atoms with Gasteiger partial charge in [-0.05, 0) is 31.5 Å². The summed E-state index contributed by atoms with van der Waals surface area (Å²) in [6, 6.07) is 9.55. The molecule has 0 radical (unpaired) electrons. The standard InChI is InChI=1S/C16H19N3O2/c20-14-16(8-10-17-11-9-16)18-15(21)19(14)12-4-7-13-5-2-1-3-6-13/h1-7,17H,8-12H2,(H,18,21)/b7-4+. The lowest BCUT2D eigenvalue weighted by Gasteiger charge is -2.30. The van der Waals surface area contributed by atoms with E-state index in [1.807, 2.05) is 42.5 Å². The first-order valence-electron chi connectivity index (χ1n) is 7.28. The molecule has 2 fully saturated rings. The Hall–Kier alpha value is -2.14. The molecular weight excluding hydrogens is 266 g/mol. The molecule has 110 valence electrons. The molecule has 21 heavy (non-hydrogen) atoms. The minimum atomic E-state index is -0.678. The Labute approximate surface area is 124 Å². The average molecular weight is 285 g/mol. The van der Waals surface area contributed by atoms with Gasteiger partial charge in [0.15, 0.2) is 0 Å². The minimum Gasteiger partial charge on any atom is -0.323 e. The zero-order valence-corrected chi connectivity index (χ0v) is 11.8. The van der Waals surface area contributed by atoms with Crippen LogP contribution in [0.15, 0.2) is 36.4 Å². The summed E-state index contributed by atoms with van der Waals surface area (Å²) in [5.41, 5.74) is 0.379. The minimum absolute atomic E-state index is 0.0910. The second-order valence-corrected chi connectivity index (χ2v) is 5.49. The van der Waals surface area contributed by atoms with E-state index in [4.69, 9.17) is 0 Å². The number of piperidine rings is 1. The molecule has 0 aromatic heterocycles. The summed E-state index contributed by atoms with van der Waals surface area (Å²) in [4.78, 5) is 25.9. The lowest BCUT2D eigenvalue weighted by atomic mass is 9.88. The molecule has 1 aromatic carbocycles. The van der Waals surface area contributed by atoms with Crippen molar-refractivity contribution in [2.75, 3.05) is 19.6 Å². The predicted octanol–water partition coefficient (Wildman–Crippen LogP) is 1.37. The van der Waals surface area contributed by atoms with E-state index >= 15 is 0 Å². The van der Waals surface area contributed by atoms with Crippen LogP contribution >= 0.6 is 0 Å². The number of imide groups is 1. The first-order valence-corrected chi connectivity index (χ1v) is 7.28. The van der Waals surface area contributed by atoms with Crippen LogP contribution in [-0.4, -0.2) is 42.0 Å². The molecule has 3 rings (SSSR count). The molecule has 2 aliphatic rings. The predicted molar refractivity (Wildman–Crippen MR) is 80.6 cm³/mol. The second kappa shape index (κ2) is 5.69. The van der Waals surface area contributed by atoms with E-state index in [2.05, 4.69) is 10.6 Å². The van der Waals surface area contributed by atoms with E-state index in [1.165, 1.54) is 4.90 Å². The first kappa shape index (κ1) is 13.8. The van der Waals surface area contributed by atoms with E-state index in [1.54, 1.807) is 0 Å². The van der Waals surface area contributed by atoms with Crippen molar-refractivity contribution in [3.8, 4) is 0 Å². The number of benzene rings is 1. The van der Waals surface area contributed by atoms with Crippen LogP contribution in [-0.2, 0) is 4.79 Å². The van der Waals surface area contributed by atoms with Gasteiger partial charge in [0.05, 0.1) is 0 Å². The molecule has 0 atom stereocenters. The Bertz CT molecular complexity index is 562. The van der Waals surface area contributed by atoms with Gasteiger partial charge in [0.1, 0.15) is 5.54 Å². The van der Waals surface area contributed by atoms with Crippen LogP contribution < -0.4 is 10.6 Å². The van der Waals surface area contributed by atoms with Gasteiger partial charge in [-0.3, -0.25) is 9.69 Å². The molecule has 2 saturated heterocycles. The molecule has 0 aliphatic carbocycles. The molecular formula is C16H19N3O2. The van der Waals surface area contributed by atoms with Crippen molar-refractivity contribution >= 4 is 18.0 Å². The summed E-state index contributed by atoms with van der Waals surface area (Å²) in [6.07, 6.45) is 5.10. The Kier molecular flexibility index (Phi) is 3.75. The highest BCUT2D eigenvalue weighted by Gasteiger charge is 2.50. The molecule has 5 nitrogen and oxygen atoms in total. The number of nitrogens with zero attached hydrogens (tertiary/aromatic N) is 1. The van der Waals surface area contributed by atoms with Crippen molar-refractivity contribution < 1.29 is 9.59 Å². The lowest BCUT2D eigenvalue weighted by molar-refractivity contribution is -0.131. The zero-order valence-electron chi connectivity index (χ0n) is 11.8. The van der Waals surface area contributed by atoms with E-state index in [0.717, 1.165) is 18.7 Å². The maximum absolute atomic E-state index is 12.5. The maximum Gasteiger partial charge on any atom is 0.325 e. The Morgan fingerprint density at radius 3 is 2.57 bits per heavy atom. The number of hydrogen-bond acceptors (Lipinski definition) is 3. The van der Waals surface area contributed by atoms with Crippen LogP contribution in [0.5, 0.6) is 0 Å². The van der Waals surface area contributed by atoms with Crippen molar-refractivity contribution in [1.82, 2.24) is 15.5 Å². The molecule has 1 aromatic rings. The molecule has 0 bridgehead atoms. The maximum atomic E-state index is 12.5. The van der Waals surface area contributed by atoms with Crippen LogP contribution in [0.3, 0.4) is 0 Å². The third-order valence-corrected chi connectivity index (χ3v) is 4.10. The number of carbonyl (C=O) groups excluding carboxylic acids is 2. The van der Waals surface area contributed by atoms with Crippen LogP contribution in [0.4, 0.5) is 4.79 Å². The van der Waals surface area contributed by atoms with Gasteiger partial charge in [-0.2, -0.15) is 0 Å². The summed E-state index contributed by atoms with van der Waals surface area (Å²) < 4.78 is 0. The molecule has 2 heterocycles. The lowest BCUT2D eigenvalue weighted by Crippen LogP contribution is -2.53. The highest BCUT2D eigenvalue weighted by Crippen LogP contribution is 2.26. The molecule has 3 amide bonds. The number of amides is 3. The van der Waals surface area contributed by atoms with Crippen molar-refractivity contribution in [3.05, 3.63) is 42.0 Å². The molecule has 1 spiro atoms. The molecule has 2 N–H and O–H groups in total. The smallest absolute Gasteiger partial charge is 0.323 e. The van der Waals surface area contributed by atoms with Gasteiger partial charge in [-0.25, -0.2) is 4.79 Å². The molecule has 5 heteroatoms. The van der Waals surface area contributed by atoms with E-state index in [0.29, 0.717) is 19.4 Å². The monoisotopic (exact) mass is 285 g/mol. The number of hydrogen-bond donors (Lipinski definition) is 2. The fraction of sp³-hybridized carbons (Fsp3) is 0.375. The van der Waals surface area contributed by atoms with Crippen LogP contribution in [0.25, 0.3) is 6.08 Å². The van der Waals surface area contributed by atoms with Gasteiger partial charge in [-0.1, -0.05) is 42.5 Å². The van der Waals surface area contributed by atoms with Gasteiger partial charge in [0.2, 0.25) is 0 Å². The fourth-order valence-electron chi connectivity index (χ4n) is 2.89. The van der Waals surface area contributed by atoms with Crippen molar-refractivity contribution in [3.63, 3.8) is 0 Å². The van der Waals surface area contributed by atoms with Gasteiger partial charge in [0.25, 0.3) is 5.91 Å². The summed E-state index contributed by atoms with van der Waals surface area (Å²) in [5.74, 6) is -0.0910. The summed E-state index contributed by atoms with van der Waals surface area (Å²) in [5, 5.41) is 6.10. The SMILES string of the molecule is O=C1NC2(CCNCC2)C(=O)N1C/C=C/c1ccccc1. The number of urea groups is 1. The molecule has 0 unspecified atom stereocenters. The quantitative estimate of drug-likeness (QED) is 0.825. The van der Waals surface area contributed by atoms with Crippen LogP contribution in [0.1, 0.15) is 18.4 Å². The van der Waals surface area contributed by atoms with E-state index < -0.39 is 5.54 Å². The number of rotatable bonds is 3. The second-order valence-electron chi connectivity index (χ2n) is 5.49. The van der Waals surface area contributed by atoms with Crippen LogP contribution in [0, 0.1) is 0 Å². The molecule has 2 aliphatic heterocycles. The Balaban J connectivity index is 1.67. The normalized spacial score (nSPS) is 21.2. The average Bonchev–Trinajstić information content (AvgIpc) is 2.73. The fourth-order valence-corrected chi connectivity index (χ4v) is 2.89. The Morgan fingerprint density at radius 2 is 1.86 bits per heavy atom. The Morgan fingerprint density at radius 1 is 1.14 bits per heavy atom. The van der Waals surface area contributed by atoms with Crippen molar-refractivity contribution in [2.24, 2.45) is 0 Å². The van der Waals surface area contributed by atoms with Crippen LogP contribution in [0.2, 0.25) is 0 Å².